The van der Waals surface area contributed by atoms with Crippen molar-refractivity contribution < 1.29 is 24.5 Å². The van der Waals surface area contributed by atoms with Crippen molar-refractivity contribution in [3.8, 4) is 0 Å². The molecule has 1 amide bonds. The summed E-state index contributed by atoms with van der Waals surface area (Å²) in [5.74, 6) is -0.0178. The van der Waals surface area contributed by atoms with Gasteiger partial charge in [-0.2, -0.15) is 0 Å². The van der Waals surface area contributed by atoms with E-state index in [2.05, 4.69) is 31.3 Å². The Balaban J connectivity index is 3.38. The number of ether oxygens (including phenoxy) is 1. The fraction of sp³-hybridized carbons (Fsp3) is 0.943. The maximum absolute atomic E-state index is 12.5. The molecule has 0 fully saturated rings. The standard InChI is InChI=1S/C70H137NO5/c1-3-5-7-9-11-13-15-17-19-21-31-34-38-42-46-50-54-58-62-68(73)67(66-72)71-69(74)63-59-55-51-47-43-39-35-32-28-26-24-22-23-25-27-29-33-37-41-45-49-53-57-61-65-76-70(75)64-60-56-52-48-44-40-36-30-20-18-16-14-12-10-8-6-4-2/h24,26,67-68,72-73H,3-23,25,27-66H2,1-2H3,(H,71,74)/b26-24-. The highest BCUT2D eigenvalue weighted by Gasteiger charge is 2.20. The van der Waals surface area contributed by atoms with E-state index in [4.69, 9.17) is 4.74 Å². The third kappa shape index (κ3) is 61.8. The number of carbonyl (C=O) groups is 2. The van der Waals surface area contributed by atoms with Crippen LogP contribution in [0.1, 0.15) is 399 Å². The third-order valence-electron chi connectivity index (χ3n) is 16.6. The summed E-state index contributed by atoms with van der Waals surface area (Å²) in [6.07, 6.45) is 81.1. The number of esters is 1. The molecule has 3 N–H and O–H groups in total. The van der Waals surface area contributed by atoms with Crippen LogP contribution in [-0.2, 0) is 14.3 Å². The molecule has 0 rings (SSSR count). The van der Waals surface area contributed by atoms with Crippen molar-refractivity contribution in [1.29, 1.82) is 0 Å². The smallest absolute Gasteiger partial charge is 0.305 e. The van der Waals surface area contributed by atoms with Crippen LogP contribution in [0.4, 0.5) is 0 Å². The van der Waals surface area contributed by atoms with Gasteiger partial charge in [-0.25, -0.2) is 0 Å². The van der Waals surface area contributed by atoms with E-state index in [1.807, 2.05) is 0 Å². The van der Waals surface area contributed by atoms with Crippen LogP contribution in [0.25, 0.3) is 0 Å². The van der Waals surface area contributed by atoms with Crippen LogP contribution in [-0.4, -0.2) is 47.4 Å². The number of hydrogen-bond donors (Lipinski definition) is 3. The number of aliphatic hydroxyl groups is 2. The fourth-order valence-corrected chi connectivity index (χ4v) is 11.2. The third-order valence-corrected chi connectivity index (χ3v) is 16.6. The maximum Gasteiger partial charge on any atom is 0.305 e. The van der Waals surface area contributed by atoms with Gasteiger partial charge >= 0.3 is 5.97 Å². The monoisotopic (exact) mass is 1070 g/mol. The van der Waals surface area contributed by atoms with Crippen LogP contribution in [0, 0.1) is 0 Å². The lowest BCUT2D eigenvalue weighted by atomic mass is 10.0. The summed E-state index contributed by atoms with van der Waals surface area (Å²) in [5, 5.41) is 23.4. The molecule has 452 valence electrons. The first-order chi connectivity index (χ1) is 37.5. The lowest BCUT2D eigenvalue weighted by molar-refractivity contribution is -0.143. The van der Waals surface area contributed by atoms with Crippen LogP contribution in [0.3, 0.4) is 0 Å². The average molecular weight is 1070 g/mol. The van der Waals surface area contributed by atoms with Gasteiger partial charge in [-0.15, -0.1) is 0 Å². The Morgan fingerprint density at radius 3 is 0.934 bits per heavy atom. The molecule has 2 unspecified atom stereocenters. The van der Waals surface area contributed by atoms with Crippen molar-refractivity contribution in [3.63, 3.8) is 0 Å². The zero-order chi connectivity index (χ0) is 55.0. The second kappa shape index (κ2) is 66.1. The van der Waals surface area contributed by atoms with E-state index in [9.17, 15) is 19.8 Å². The number of nitrogens with one attached hydrogen (secondary N) is 1. The van der Waals surface area contributed by atoms with Gasteiger partial charge in [-0.3, -0.25) is 9.59 Å². The molecule has 0 spiro atoms. The topological polar surface area (TPSA) is 95.9 Å². The van der Waals surface area contributed by atoms with E-state index >= 15 is 0 Å². The summed E-state index contributed by atoms with van der Waals surface area (Å²) in [6.45, 7) is 5.00. The molecule has 0 saturated carbocycles. The number of unbranched alkanes of at least 4 members (excludes halogenated alkanes) is 53. The first-order valence-electron chi connectivity index (χ1n) is 34.9. The Morgan fingerprint density at radius 2 is 0.618 bits per heavy atom. The molecule has 0 aliphatic rings. The predicted octanol–water partition coefficient (Wildman–Crippen LogP) is 22.4. The Kier molecular flexibility index (Phi) is 64.9. The van der Waals surface area contributed by atoms with Crippen molar-refractivity contribution in [3.05, 3.63) is 12.2 Å². The summed E-state index contributed by atoms with van der Waals surface area (Å²) >= 11 is 0. The van der Waals surface area contributed by atoms with Gasteiger partial charge in [0.25, 0.3) is 0 Å². The molecule has 0 aliphatic heterocycles. The quantitative estimate of drug-likeness (QED) is 0.0320. The molecule has 0 aromatic carbocycles. The number of hydrogen-bond acceptors (Lipinski definition) is 5. The second-order valence-electron chi connectivity index (χ2n) is 24.2. The SMILES string of the molecule is CCCCCCCCCCCCCCCCCCCCC(O)C(CO)NC(=O)CCCCCCCCCC/C=C\CCCCCCCCCCCCCCOC(=O)CCCCCCCCCCCCCCCCCCC. The number of allylic oxidation sites excluding steroid dienone is 2. The molecule has 0 aromatic heterocycles. The lowest BCUT2D eigenvalue weighted by Gasteiger charge is -2.22. The van der Waals surface area contributed by atoms with Crippen LogP contribution < -0.4 is 5.32 Å². The normalized spacial score (nSPS) is 12.5. The van der Waals surface area contributed by atoms with Crippen molar-refractivity contribution in [2.45, 2.75) is 411 Å². The largest absolute Gasteiger partial charge is 0.466 e. The first kappa shape index (κ1) is 74.6. The highest BCUT2D eigenvalue weighted by Crippen LogP contribution is 2.19. The molecule has 0 saturated heterocycles. The van der Waals surface area contributed by atoms with Gasteiger partial charge in [0.05, 0.1) is 25.4 Å². The second-order valence-corrected chi connectivity index (χ2v) is 24.2. The highest BCUT2D eigenvalue weighted by atomic mass is 16.5. The number of aliphatic hydroxyl groups excluding tert-OH is 2. The van der Waals surface area contributed by atoms with Gasteiger partial charge in [-0.1, -0.05) is 347 Å². The Labute approximate surface area is 476 Å². The van der Waals surface area contributed by atoms with Crippen molar-refractivity contribution >= 4 is 11.9 Å². The summed E-state index contributed by atoms with van der Waals surface area (Å²) in [5.41, 5.74) is 0. The van der Waals surface area contributed by atoms with Gasteiger partial charge in [0.2, 0.25) is 5.91 Å². The van der Waals surface area contributed by atoms with E-state index in [1.165, 1.54) is 327 Å². The minimum Gasteiger partial charge on any atom is -0.466 e. The first-order valence-corrected chi connectivity index (χ1v) is 34.9. The van der Waals surface area contributed by atoms with Crippen LogP contribution >= 0.6 is 0 Å². The lowest BCUT2D eigenvalue weighted by Crippen LogP contribution is -2.45. The van der Waals surface area contributed by atoms with Gasteiger partial charge in [-0.05, 0) is 51.4 Å². The van der Waals surface area contributed by atoms with E-state index in [0.29, 0.717) is 25.9 Å². The van der Waals surface area contributed by atoms with Gasteiger partial charge in [0.15, 0.2) is 0 Å². The fourth-order valence-electron chi connectivity index (χ4n) is 11.2. The van der Waals surface area contributed by atoms with E-state index in [1.54, 1.807) is 0 Å². The van der Waals surface area contributed by atoms with Crippen LogP contribution in [0.5, 0.6) is 0 Å². The summed E-state index contributed by atoms with van der Waals surface area (Å²) in [6, 6.07) is -0.545. The van der Waals surface area contributed by atoms with Gasteiger partial charge < -0.3 is 20.3 Å². The molecular weight excluding hydrogens is 935 g/mol. The molecule has 0 aromatic rings. The van der Waals surface area contributed by atoms with Crippen molar-refractivity contribution in [2.75, 3.05) is 13.2 Å². The molecule has 76 heavy (non-hydrogen) atoms. The Hall–Kier alpha value is -1.40. The number of rotatable bonds is 66. The molecule has 0 bridgehead atoms. The van der Waals surface area contributed by atoms with E-state index in [0.717, 1.165) is 38.5 Å². The zero-order valence-electron chi connectivity index (χ0n) is 51.8. The van der Waals surface area contributed by atoms with E-state index < -0.39 is 12.1 Å². The molecule has 0 radical (unpaired) electrons. The summed E-state index contributed by atoms with van der Waals surface area (Å²) in [7, 11) is 0. The van der Waals surface area contributed by atoms with Gasteiger partial charge in [0, 0.05) is 12.8 Å². The Bertz CT molecular complexity index is 1140. The molecule has 2 atom stereocenters. The van der Waals surface area contributed by atoms with Crippen LogP contribution in [0.2, 0.25) is 0 Å². The molecular formula is C70H137NO5. The predicted molar refractivity (Wildman–Crippen MR) is 333 cm³/mol. The Morgan fingerprint density at radius 1 is 0.355 bits per heavy atom. The number of amides is 1. The summed E-state index contributed by atoms with van der Waals surface area (Å²) < 4.78 is 5.50. The van der Waals surface area contributed by atoms with Crippen molar-refractivity contribution in [1.82, 2.24) is 5.32 Å². The molecule has 6 nitrogen and oxygen atoms in total. The highest BCUT2D eigenvalue weighted by molar-refractivity contribution is 5.76. The molecule has 0 aliphatic carbocycles. The maximum atomic E-state index is 12.5. The number of carbonyl (C=O) groups excluding carboxylic acids is 2. The molecule has 0 heterocycles. The van der Waals surface area contributed by atoms with Crippen LogP contribution in [0.15, 0.2) is 12.2 Å². The van der Waals surface area contributed by atoms with E-state index in [-0.39, 0.29) is 18.5 Å². The minimum atomic E-state index is -0.667. The van der Waals surface area contributed by atoms with Gasteiger partial charge in [0.1, 0.15) is 0 Å². The minimum absolute atomic E-state index is 0.0176. The van der Waals surface area contributed by atoms with Crippen molar-refractivity contribution in [2.24, 2.45) is 0 Å². The average Bonchev–Trinajstić information content (AvgIpc) is 3.42. The molecule has 6 heteroatoms. The zero-order valence-corrected chi connectivity index (χ0v) is 51.8. The summed E-state index contributed by atoms with van der Waals surface area (Å²) in [4.78, 5) is 24.6.